The number of hydrogen-bond acceptors (Lipinski definition) is 0. The van der Waals surface area contributed by atoms with Crippen LogP contribution < -0.4 is 0 Å². The lowest BCUT2D eigenvalue weighted by molar-refractivity contribution is -0.921. The number of quaternary nitrogens is 1. The molecule has 1 heteroatoms. The Bertz CT molecular complexity index is 127. The van der Waals surface area contributed by atoms with Crippen molar-refractivity contribution in [1.29, 1.82) is 0 Å². The molecule has 0 aliphatic heterocycles. The van der Waals surface area contributed by atoms with Crippen LogP contribution in [0.25, 0.3) is 0 Å². The summed E-state index contributed by atoms with van der Waals surface area (Å²) < 4.78 is 1.32. The summed E-state index contributed by atoms with van der Waals surface area (Å²) in [6.07, 6.45) is 2.94. The maximum absolute atomic E-state index is 2.41. The summed E-state index contributed by atoms with van der Waals surface area (Å²) in [6.45, 7) is 9.65. The molecule has 0 spiro atoms. The second kappa shape index (κ2) is 3.14. The van der Waals surface area contributed by atoms with Gasteiger partial charge in [0.25, 0.3) is 0 Å². The maximum Gasteiger partial charge on any atom is 0.0892 e. The Morgan fingerprint density at radius 1 is 1.36 bits per heavy atom. The molecule has 0 N–H and O–H groups in total. The normalized spacial score (nSPS) is 23.7. The van der Waals surface area contributed by atoms with Gasteiger partial charge in [-0.05, 0) is 6.92 Å². The van der Waals surface area contributed by atoms with Crippen molar-refractivity contribution in [1.82, 2.24) is 0 Å². The van der Waals surface area contributed by atoms with E-state index in [0.29, 0.717) is 0 Å². The smallest absolute Gasteiger partial charge is 0.0892 e. The molecule has 1 nitrogen and oxygen atoms in total. The van der Waals surface area contributed by atoms with Gasteiger partial charge >= 0.3 is 0 Å². The predicted octanol–water partition coefficient (Wildman–Crippen LogP) is 2.27. The lowest BCUT2D eigenvalue weighted by Crippen LogP contribution is -2.48. The second-order valence-corrected chi connectivity index (χ2v) is 4.60. The molecule has 1 aliphatic rings. The first-order chi connectivity index (χ1) is 5.08. The standard InChI is InChI=1S/C10H22N/c1-5-11(4,8-9(2)3)10-6-7-10/h9-10H,5-8H2,1-4H3/q+1. The average Bonchev–Trinajstić information content (AvgIpc) is 2.66. The summed E-state index contributed by atoms with van der Waals surface area (Å²) in [6, 6.07) is 1.00. The van der Waals surface area contributed by atoms with Crippen molar-refractivity contribution in [2.75, 3.05) is 20.1 Å². The maximum atomic E-state index is 2.41. The van der Waals surface area contributed by atoms with Crippen molar-refractivity contribution >= 4 is 0 Å². The van der Waals surface area contributed by atoms with Crippen LogP contribution in [0.4, 0.5) is 0 Å². The highest BCUT2D eigenvalue weighted by molar-refractivity contribution is 4.74. The number of rotatable bonds is 4. The van der Waals surface area contributed by atoms with E-state index >= 15 is 0 Å². The topological polar surface area (TPSA) is 0 Å². The second-order valence-electron chi connectivity index (χ2n) is 4.60. The Kier molecular flexibility index (Phi) is 2.58. The fourth-order valence-electron chi connectivity index (χ4n) is 2.07. The summed E-state index contributed by atoms with van der Waals surface area (Å²) in [7, 11) is 2.41. The van der Waals surface area contributed by atoms with Gasteiger partial charge in [0.2, 0.25) is 0 Å². The molecule has 0 saturated heterocycles. The molecule has 0 heterocycles. The molecule has 1 unspecified atom stereocenters. The Hall–Kier alpha value is -0.0400. The Morgan fingerprint density at radius 3 is 2.18 bits per heavy atom. The molecule has 11 heavy (non-hydrogen) atoms. The molecule has 1 fully saturated rings. The summed E-state index contributed by atoms with van der Waals surface area (Å²) >= 11 is 0. The van der Waals surface area contributed by atoms with Crippen molar-refractivity contribution in [3.05, 3.63) is 0 Å². The average molecular weight is 156 g/mol. The minimum absolute atomic E-state index is 0.848. The van der Waals surface area contributed by atoms with Crippen LogP contribution in [0.3, 0.4) is 0 Å². The van der Waals surface area contributed by atoms with Crippen LogP contribution >= 0.6 is 0 Å². The van der Waals surface area contributed by atoms with E-state index in [1.165, 1.54) is 30.4 Å². The summed E-state index contributed by atoms with van der Waals surface area (Å²) in [5.41, 5.74) is 0. The highest BCUT2D eigenvalue weighted by Gasteiger charge is 2.40. The molecule has 0 radical (unpaired) electrons. The molecule has 0 aromatic heterocycles. The Balaban J connectivity index is 2.44. The van der Waals surface area contributed by atoms with Crippen LogP contribution in [0.15, 0.2) is 0 Å². The van der Waals surface area contributed by atoms with Gasteiger partial charge in [0.15, 0.2) is 0 Å². The third-order valence-electron chi connectivity index (χ3n) is 2.93. The molecule has 1 saturated carbocycles. The van der Waals surface area contributed by atoms with Gasteiger partial charge in [-0.3, -0.25) is 0 Å². The van der Waals surface area contributed by atoms with E-state index in [1.54, 1.807) is 0 Å². The molecule has 0 amide bonds. The van der Waals surface area contributed by atoms with E-state index in [0.717, 1.165) is 12.0 Å². The van der Waals surface area contributed by atoms with Crippen LogP contribution in [0, 0.1) is 5.92 Å². The minimum Gasteiger partial charge on any atom is -0.324 e. The zero-order chi connectivity index (χ0) is 8.48. The number of hydrogen-bond donors (Lipinski definition) is 0. The van der Waals surface area contributed by atoms with Crippen LogP contribution in [0.1, 0.15) is 33.6 Å². The van der Waals surface area contributed by atoms with Gasteiger partial charge in [0.05, 0.1) is 26.2 Å². The molecule has 66 valence electrons. The van der Waals surface area contributed by atoms with Crippen molar-refractivity contribution in [2.24, 2.45) is 5.92 Å². The van der Waals surface area contributed by atoms with E-state index < -0.39 is 0 Å². The molecular weight excluding hydrogens is 134 g/mol. The fourth-order valence-corrected chi connectivity index (χ4v) is 2.07. The van der Waals surface area contributed by atoms with E-state index in [2.05, 4.69) is 27.8 Å². The van der Waals surface area contributed by atoms with Crippen LogP contribution in [0.2, 0.25) is 0 Å². The van der Waals surface area contributed by atoms with Crippen molar-refractivity contribution in [3.63, 3.8) is 0 Å². The van der Waals surface area contributed by atoms with E-state index in [-0.39, 0.29) is 0 Å². The first-order valence-corrected chi connectivity index (χ1v) is 4.92. The largest absolute Gasteiger partial charge is 0.324 e. The first-order valence-electron chi connectivity index (χ1n) is 4.92. The summed E-state index contributed by atoms with van der Waals surface area (Å²) in [4.78, 5) is 0. The molecule has 0 aromatic rings. The quantitative estimate of drug-likeness (QED) is 0.548. The van der Waals surface area contributed by atoms with Crippen LogP contribution in [-0.4, -0.2) is 30.7 Å². The molecule has 1 rings (SSSR count). The van der Waals surface area contributed by atoms with Gasteiger partial charge in [-0.15, -0.1) is 0 Å². The third-order valence-corrected chi connectivity index (χ3v) is 2.93. The minimum atomic E-state index is 0.848. The van der Waals surface area contributed by atoms with Gasteiger partial charge in [-0.1, -0.05) is 13.8 Å². The van der Waals surface area contributed by atoms with Crippen molar-refractivity contribution in [2.45, 2.75) is 39.7 Å². The van der Waals surface area contributed by atoms with E-state index in [9.17, 15) is 0 Å². The zero-order valence-corrected chi connectivity index (χ0v) is 8.43. The van der Waals surface area contributed by atoms with E-state index in [1.807, 2.05) is 0 Å². The summed E-state index contributed by atoms with van der Waals surface area (Å²) in [5, 5.41) is 0. The SMILES string of the molecule is CC[N+](C)(CC(C)C)C1CC1. The third kappa shape index (κ3) is 2.19. The highest BCUT2D eigenvalue weighted by atomic mass is 15.4. The first kappa shape index (κ1) is 9.05. The predicted molar refractivity (Wildman–Crippen MR) is 49.5 cm³/mol. The monoisotopic (exact) mass is 156 g/mol. The Labute approximate surface area is 71.0 Å². The highest BCUT2D eigenvalue weighted by Crippen LogP contribution is 2.32. The van der Waals surface area contributed by atoms with Crippen molar-refractivity contribution < 1.29 is 4.48 Å². The van der Waals surface area contributed by atoms with Gasteiger partial charge in [-0.25, -0.2) is 0 Å². The Morgan fingerprint density at radius 2 is 1.91 bits per heavy atom. The zero-order valence-electron chi connectivity index (χ0n) is 8.43. The van der Waals surface area contributed by atoms with Crippen molar-refractivity contribution in [3.8, 4) is 0 Å². The molecule has 1 atom stereocenters. The van der Waals surface area contributed by atoms with Crippen LogP contribution in [-0.2, 0) is 0 Å². The van der Waals surface area contributed by atoms with Gasteiger partial charge in [-0.2, -0.15) is 0 Å². The van der Waals surface area contributed by atoms with Gasteiger partial charge in [0.1, 0.15) is 0 Å². The van der Waals surface area contributed by atoms with Gasteiger partial charge in [0, 0.05) is 18.8 Å². The fraction of sp³-hybridized carbons (Fsp3) is 1.00. The molecule has 0 aromatic carbocycles. The molecular formula is C10H22N+. The number of nitrogens with zero attached hydrogens (tertiary/aromatic N) is 1. The van der Waals surface area contributed by atoms with Gasteiger partial charge < -0.3 is 4.48 Å². The summed E-state index contributed by atoms with van der Waals surface area (Å²) in [5.74, 6) is 0.848. The molecule has 0 bridgehead atoms. The molecule has 1 aliphatic carbocycles. The van der Waals surface area contributed by atoms with Crippen LogP contribution in [0.5, 0.6) is 0 Å². The lowest BCUT2D eigenvalue weighted by atomic mass is 10.2. The lowest BCUT2D eigenvalue weighted by Gasteiger charge is -2.35. The van der Waals surface area contributed by atoms with E-state index in [4.69, 9.17) is 0 Å².